The van der Waals surface area contributed by atoms with Crippen LogP contribution in [0.4, 0.5) is 17.1 Å². The summed E-state index contributed by atoms with van der Waals surface area (Å²) in [5.41, 5.74) is 15.0. The van der Waals surface area contributed by atoms with E-state index in [9.17, 15) is 0 Å². The summed E-state index contributed by atoms with van der Waals surface area (Å²) in [5.74, 6) is 3.26. The Hall–Kier alpha value is -4.88. The molecule has 47 heavy (non-hydrogen) atoms. The van der Waals surface area contributed by atoms with Gasteiger partial charge in [0.25, 0.3) is 0 Å². The Kier molecular flexibility index (Phi) is 6.13. The Morgan fingerprint density at radius 3 is 1.43 bits per heavy atom. The number of hydrogen-bond donors (Lipinski definition) is 0. The maximum atomic E-state index is 2.57. The van der Waals surface area contributed by atoms with Crippen LogP contribution in [0.25, 0.3) is 33.4 Å². The second kappa shape index (κ2) is 10.6. The van der Waals surface area contributed by atoms with Gasteiger partial charge in [0.15, 0.2) is 0 Å². The number of fused-ring (bicyclic) bond motifs is 3. The first kappa shape index (κ1) is 27.3. The van der Waals surface area contributed by atoms with Crippen LogP contribution in [0.2, 0.25) is 0 Å². The molecule has 5 aliphatic carbocycles. The number of hydrogen-bond acceptors (Lipinski definition) is 1. The number of nitrogens with zero attached hydrogens (tertiary/aromatic N) is 1. The van der Waals surface area contributed by atoms with Crippen LogP contribution in [0, 0.1) is 23.7 Å². The Morgan fingerprint density at radius 1 is 0.404 bits per heavy atom. The highest BCUT2D eigenvalue weighted by Gasteiger charge is 2.62. The van der Waals surface area contributed by atoms with Crippen molar-refractivity contribution < 1.29 is 0 Å². The third-order valence-corrected chi connectivity index (χ3v) is 12.3. The van der Waals surface area contributed by atoms with Gasteiger partial charge in [-0.3, -0.25) is 0 Å². The lowest BCUT2D eigenvalue weighted by Gasteiger charge is -2.61. The summed E-state index contributed by atoms with van der Waals surface area (Å²) < 4.78 is 0. The molecule has 6 aromatic rings. The summed E-state index contributed by atoms with van der Waals surface area (Å²) in [5, 5.41) is 0. The van der Waals surface area contributed by atoms with E-state index in [1.807, 2.05) is 0 Å². The van der Waals surface area contributed by atoms with Crippen molar-refractivity contribution in [2.45, 2.75) is 37.5 Å². The van der Waals surface area contributed by atoms with Crippen LogP contribution in [-0.2, 0) is 5.41 Å². The summed E-state index contributed by atoms with van der Waals surface area (Å²) in [7, 11) is 0. The Labute approximate surface area is 278 Å². The Bertz CT molecular complexity index is 1960. The standard InChI is InChI=1S/C46H39N/c1-3-10-33(11-4-1)35-18-22-39(23-19-35)47(40-24-20-36(21-25-40)34-12-5-2-6-13-34)44-17-9-15-42-41-14-7-8-16-43(41)46(45(42)44)37-27-31-26-32(29-37)30-38(46)28-31/h1-25,31-32,37-38H,26-30H2. The van der Waals surface area contributed by atoms with E-state index >= 15 is 0 Å². The van der Waals surface area contributed by atoms with Gasteiger partial charge in [-0.1, -0.05) is 121 Å². The van der Waals surface area contributed by atoms with Gasteiger partial charge in [-0.25, -0.2) is 0 Å². The lowest BCUT2D eigenvalue weighted by molar-refractivity contribution is -0.0397. The molecule has 0 amide bonds. The van der Waals surface area contributed by atoms with Crippen LogP contribution < -0.4 is 4.90 Å². The quantitative estimate of drug-likeness (QED) is 0.189. The van der Waals surface area contributed by atoms with E-state index in [2.05, 4.69) is 157 Å². The van der Waals surface area contributed by atoms with Crippen LogP contribution in [-0.4, -0.2) is 0 Å². The third kappa shape index (κ3) is 4.08. The molecular weight excluding hydrogens is 567 g/mol. The summed E-state index contributed by atoms with van der Waals surface area (Å²) in [6.45, 7) is 0. The van der Waals surface area contributed by atoms with Gasteiger partial charge in [-0.2, -0.15) is 0 Å². The van der Waals surface area contributed by atoms with Crippen molar-refractivity contribution in [1.29, 1.82) is 0 Å². The first-order valence-corrected chi connectivity index (χ1v) is 17.6. The normalized spacial score (nSPS) is 24.7. The second-order valence-electron chi connectivity index (χ2n) is 14.6. The predicted octanol–water partition coefficient (Wildman–Crippen LogP) is 12.2. The van der Waals surface area contributed by atoms with E-state index in [-0.39, 0.29) is 5.41 Å². The molecule has 1 spiro atoms. The SMILES string of the molecule is c1ccc(-c2ccc(N(c3ccc(-c4ccccc4)cc3)c3cccc4c3C3(c5ccccc5-4)C4CC5CC(C4)CC3C5)cc2)cc1. The van der Waals surface area contributed by atoms with E-state index < -0.39 is 0 Å². The van der Waals surface area contributed by atoms with Crippen molar-refractivity contribution in [2.24, 2.45) is 23.7 Å². The van der Waals surface area contributed by atoms with Gasteiger partial charge < -0.3 is 4.90 Å². The lowest BCUT2D eigenvalue weighted by Crippen LogP contribution is -2.55. The monoisotopic (exact) mass is 605 g/mol. The summed E-state index contributed by atoms with van der Waals surface area (Å²) in [4.78, 5) is 2.57. The maximum absolute atomic E-state index is 2.57. The first-order chi connectivity index (χ1) is 23.3. The zero-order valence-electron chi connectivity index (χ0n) is 26.7. The number of rotatable bonds is 5. The van der Waals surface area contributed by atoms with Crippen LogP contribution in [0.3, 0.4) is 0 Å². The Balaban J connectivity index is 1.18. The predicted molar refractivity (Wildman–Crippen MR) is 195 cm³/mol. The fraction of sp³-hybridized carbons (Fsp3) is 0.217. The molecule has 1 nitrogen and oxygen atoms in total. The van der Waals surface area contributed by atoms with Crippen LogP contribution in [0.5, 0.6) is 0 Å². The van der Waals surface area contributed by atoms with Gasteiger partial charge in [-0.15, -0.1) is 0 Å². The molecule has 228 valence electrons. The molecule has 4 saturated carbocycles. The average Bonchev–Trinajstić information content (AvgIpc) is 3.43. The molecule has 1 heteroatoms. The Morgan fingerprint density at radius 2 is 0.872 bits per heavy atom. The molecule has 0 N–H and O–H groups in total. The van der Waals surface area contributed by atoms with Crippen molar-refractivity contribution in [1.82, 2.24) is 0 Å². The van der Waals surface area contributed by atoms with E-state index in [1.165, 1.54) is 82.5 Å². The van der Waals surface area contributed by atoms with Crippen molar-refractivity contribution >= 4 is 17.1 Å². The molecule has 6 aromatic carbocycles. The molecule has 11 rings (SSSR count). The highest BCUT2D eigenvalue weighted by atomic mass is 15.1. The molecule has 0 heterocycles. The average molecular weight is 606 g/mol. The molecule has 0 radical (unpaired) electrons. The molecular formula is C46H39N. The lowest BCUT2D eigenvalue weighted by atomic mass is 9.43. The summed E-state index contributed by atoms with van der Waals surface area (Å²) in [6, 6.07) is 56.6. The van der Waals surface area contributed by atoms with Crippen molar-refractivity contribution in [3.8, 4) is 33.4 Å². The minimum Gasteiger partial charge on any atom is -0.310 e. The topological polar surface area (TPSA) is 3.24 Å². The highest BCUT2D eigenvalue weighted by Crippen LogP contribution is 2.71. The van der Waals surface area contributed by atoms with Gasteiger partial charge in [0.1, 0.15) is 0 Å². The van der Waals surface area contributed by atoms with Gasteiger partial charge >= 0.3 is 0 Å². The molecule has 5 aliphatic rings. The first-order valence-electron chi connectivity index (χ1n) is 17.6. The van der Waals surface area contributed by atoms with Gasteiger partial charge in [0, 0.05) is 16.8 Å². The summed E-state index contributed by atoms with van der Waals surface area (Å²) >= 11 is 0. The van der Waals surface area contributed by atoms with E-state index in [0.29, 0.717) is 11.8 Å². The largest absolute Gasteiger partial charge is 0.310 e. The van der Waals surface area contributed by atoms with Crippen LogP contribution in [0.15, 0.2) is 152 Å². The molecule has 4 fully saturated rings. The fourth-order valence-corrected chi connectivity index (χ4v) is 10.7. The van der Waals surface area contributed by atoms with Gasteiger partial charge in [0.05, 0.1) is 5.69 Å². The van der Waals surface area contributed by atoms with E-state index in [1.54, 1.807) is 11.1 Å². The molecule has 0 unspecified atom stereocenters. The molecule has 0 aliphatic heterocycles. The minimum atomic E-state index is 0.0855. The third-order valence-electron chi connectivity index (χ3n) is 12.3. The van der Waals surface area contributed by atoms with Gasteiger partial charge in [-0.05, 0) is 131 Å². The van der Waals surface area contributed by atoms with E-state index in [0.717, 1.165) is 11.8 Å². The zero-order valence-corrected chi connectivity index (χ0v) is 26.7. The van der Waals surface area contributed by atoms with Crippen molar-refractivity contribution in [2.75, 3.05) is 4.90 Å². The van der Waals surface area contributed by atoms with Crippen LogP contribution in [0.1, 0.15) is 43.2 Å². The smallest absolute Gasteiger partial charge is 0.0509 e. The minimum absolute atomic E-state index is 0.0855. The van der Waals surface area contributed by atoms with Crippen molar-refractivity contribution in [3.05, 3.63) is 163 Å². The molecule has 0 atom stereocenters. The van der Waals surface area contributed by atoms with Crippen LogP contribution >= 0.6 is 0 Å². The summed E-state index contributed by atoms with van der Waals surface area (Å²) in [6.07, 6.45) is 6.99. The molecule has 0 aromatic heterocycles. The molecule has 4 bridgehead atoms. The van der Waals surface area contributed by atoms with Gasteiger partial charge in [0.2, 0.25) is 0 Å². The second-order valence-corrected chi connectivity index (χ2v) is 14.6. The molecule has 0 saturated heterocycles. The highest BCUT2D eigenvalue weighted by molar-refractivity contribution is 5.92. The number of benzene rings is 6. The maximum Gasteiger partial charge on any atom is 0.0509 e. The fourth-order valence-electron chi connectivity index (χ4n) is 10.7. The number of anilines is 3. The zero-order chi connectivity index (χ0) is 31.0. The van der Waals surface area contributed by atoms with Crippen molar-refractivity contribution in [3.63, 3.8) is 0 Å². The van der Waals surface area contributed by atoms with E-state index in [4.69, 9.17) is 0 Å².